The van der Waals surface area contributed by atoms with Gasteiger partial charge in [-0.15, -0.1) is 0 Å². The molecule has 1 aliphatic rings. The summed E-state index contributed by atoms with van der Waals surface area (Å²) in [6.45, 7) is 7.41. The van der Waals surface area contributed by atoms with E-state index >= 15 is 0 Å². The maximum atomic E-state index is 12.6. The average Bonchev–Trinajstić information content (AvgIpc) is 2.79. The van der Waals surface area contributed by atoms with Crippen LogP contribution in [0.15, 0.2) is 59.5 Å². The van der Waals surface area contributed by atoms with Crippen LogP contribution in [0.2, 0.25) is 0 Å². The van der Waals surface area contributed by atoms with Gasteiger partial charge in [-0.05, 0) is 49.1 Å². The first kappa shape index (κ1) is 24.4. The summed E-state index contributed by atoms with van der Waals surface area (Å²) in [5, 5.41) is 3.19. The van der Waals surface area contributed by atoms with Crippen LogP contribution < -0.4 is 5.32 Å². The fourth-order valence-corrected chi connectivity index (χ4v) is 5.71. The Hall–Kier alpha value is -2.22. The van der Waals surface area contributed by atoms with Crippen LogP contribution in [0.5, 0.6) is 0 Å². The lowest BCUT2D eigenvalue weighted by molar-refractivity contribution is -0.122. The lowest BCUT2D eigenvalue weighted by Gasteiger charge is -2.33. The second-order valence-corrected chi connectivity index (χ2v) is 10.3. The molecule has 7 heteroatoms. The monoisotopic (exact) mass is 457 g/mol. The molecule has 174 valence electrons. The molecular formula is C25H35N3O3S. The van der Waals surface area contributed by atoms with Crippen molar-refractivity contribution in [2.45, 2.75) is 57.0 Å². The van der Waals surface area contributed by atoms with Crippen molar-refractivity contribution in [3.05, 3.63) is 65.7 Å². The second-order valence-electron chi connectivity index (χ2n) is 8.36. The van der Waals surface area contributed by atoms with Crippen molar-refractivity contribution in [3.63, 3.8) is 0 Å². The quantitative estimate of drug-likeness (QED) is 0.593. The van der Waals surface area contributed by atoms with Gasteiger partial charge in [-0.2, -0.15) is 4.31 Å². The zero-order valence-corrected chi connectivity index (χ0v) is 20.0. The van der Waals surface area contributed by atoms with E-state index in [1.165, 1.54) is 9.87 Å². The van der Waals surface area contributed by atoms with Crippen molar-refractivity contribution >= 4 is 15.9 Å². The fourth-order valence-electron chi connectivity index (χ4n) is 4.26. The van der Waals surface area contributed by atoms with Gasteiger partial charge in [0.1, 0.15) is 0 Å². The average molecular weight is 458 g/mol. The van der Waals surface area contributed by atoms with E-state index < -0.39 is 10.0 Å². The number of benzene rings is 2. The molecule has 1 unspecified atom stereocenters. The van der Waals surface area contributed by atoms with Crippen LogP contribution in [0.3, 0.4) is 0 Å². The Morgan fingerprint density at radius 3 is 2.38 bits per heavy atom. The van der Waals surface area contributed by atoms with Crippen LogP contribution >= 0.6 is 0 Å². The second kappa shape index (κ2) is 11.6. The minimum atomic E-state index is -3.45. The predicted molar refractivity (Wildman–Crippen MR) is 128 cm³/mol. The molecule has 2 aromatic rings. The summed E-state index contributed by atoms with van der Waals surface area (Å²) < 4.78 is 26.6. The molecule has 0 radical (unpaired) electrons. The van der Waals surface area contributed by atoms with Gasteiger partial charge >= 0.3 is 0 Å². The molecule has 2 aromatic carbocycles. The van der Waals surface area contributed by atoms with Gasteiger partial charge in [-0.3, -0.25) is 9.69 Å². The Labute approximate surface area is 192 Å². The van der Waals surface area contributed by atoms with Crippen molar-refractivity contribution in [2.24, 2.45) is 0 Å². The van der Waals surface area contributed by atoms with Crippen molar-refractivity contribution < 1.29 is 13.2 Å². The van der Waals surface area contributed by atoms with E-state index in [4.69, 9.17) is 0 Å². The number of rotatable bonds is 10. The normalized spacial score (nSPS) is 17.4. The third kappa shape index (κ3) is 6.64. The van der Waals surface area contributed by atoms with E-state index in [0.29, 0.717) is 30.8 Å². The molecule has 0 spiro atoms. The van der Waals surface area contributed by atoms with Gasteiger partial charge < -0.3 is 5.32 Å². The summed E-state index contributed by atoms with van der Waals surface area (Å²) in [6.07, 6.45) is 3.09. The van der Waals surface area contributed by atoms with Crippen molar-refractivity contribution in [1.29, 1.82) is 0 Å². The predicted octanol–water partition coefficient (Wildman–Crippen LogP) is 3.43. The first-order valence-electron chi connectivity index (χ1n) is 11.6. The lowest BCUT2D eigenvalue weighted by atomic mass is 10.0. The smallest absolute Gasteiger partial charge is 0.243 e. The maximum absolute atomic E-state index is 12.6. The molecule has 1 atom stereocenters. The van der Waals surface area contributed by atoms with Gasteiger partial charge in [0.05, 0.1) is 4.90 Å². The molecule has 0 aromatic heterocycles. The Balaban J connectivity index is 1.47. The highest BCUT2D eigenvalue weighted by Crippen LogP contribution is 2.17. The Morgan fingerprint density at radius 1 is 1.03 bits per heavy atom. The highest BCUT2D eigenvalue weighted by atomic mass is 32.2. The number of hydrogen-bond donors (Lipinski definition) is 1. The third-order valence-electron chi connectivity index (χ3n) is 6.03. The van der Waals surface area contributed by atoms with Crippen LogP contribution in [-0.4, -0.2) is 55.8 Å². The van der Waals surface area contributed by atoms with Crippen molar-refractivity contribution in [3.8, 4) is 0 Å². The Kier molecular flexibility index (Phi) is 8.84. The first-order chi connectivity index (χ1) is 15.4. The van der Waals surface area contributed by atoms with Gasteiger partial charge in [0.25, 0.3) is 0 Å². The Morgan fingerprint density at radius 2 is 1.72 bits per heavy atom. The van der Waals surface area contributed by atoms with E-state index in [0.717, 1.165) is 38.0 Å². The molecule has 32 heavy (non-hydrogen) atoms. The number of likely N-dealkylation sites (tertiary alicyclic amines) is 1. The minimum absolute atomic E-state index is 0.0522. The Bertz CT molecular complexity index is 958. The standard InChI is InChI=1S/C25H35N3O3S/c1-3-28(4-2)32(30,31)24-15-12-21(13-16-24)14-17-25(29)26-23-11-8-18-27(20-23)19-22-9-6-5-7-10-22/h5-7,9-10,12-13,15-16,23H,3-4,8,11,14,17-20H2,1-2H3,(H,26,29). The molecule has 0 bridgehead atoms. The summed E-state index contributed by atoms with van der Waals surface area (Å²) in [6, 6.07) is 17.5. The highest BCUT2D eigenvalue weighted by Gasteiger charge is 2.22. The molecule has 1 fully saturated rings. The summed E-state index contributed by atoms with van der Waals surface area (Å²) in [4.78, 5) is 15.2. The van der Waals surface area contributed by atoms with Crippen LogP contribution in [-0.2, 0) is 27.8 Å². The van der Waals surface area contributed by atoms with Crippen LogP contribution in [0.1, 0.15) is 44.2 Å². The molecule has 3 rings (SSSR count). The molecule has 1 amide bonds. The van der Waals surface area contributed by atoms with Crippen LogP contribution in [0, 0.1) is 0 Å². The molecule has 6 nitrogen and oxygen atoms in total. The minimum Gasteiger partial charge on any atom is -0.352 e. The largest absolute Gasteiger partial charge is 0.352 e. The van der Waals surface area contributed by atoms with Crippen molar-refractivity contribution in [1.82, 2.24) is 14.5 Å². The number of aryl methyl sites for hydroxylation is 1. The fraction of sp³-hybridized carbons (Fsp3) is 0.480. The van der Waals surface area contributed by atoms with E-state index in [-0.39, 0.29) is 11.9 Å². The number of nitrogens with one attached hydrogen (secondary N) is 1. The van der Waals surface area contributed by atoms with Gasteiger partial charge in [-0.25, -0.2) is 8.42 Å². The summed E-state index contributed by atoms with van der Waals surface area (Å²) >= 11 is 0. The summed E-state index contributed by atoms with van der Waals surface area (Å²) in [5.74, 6) is 0.0522. The highest BCUT2D eigenvalue weighted by molar-refractivity contribution is 7.89. The van der Waals surface area contributed by atoms with Crippen LogP contribution in [0.25, 0.3) is 0 Å². The van der Waals surface area contributed by atoms with Gasteiger partial charge in [0.2, 0.25) is 15.9 Å². The molecule has 1 heterocycles. The topological polar surface area (TPSA) is 69.7 Å². The number of sulfonamides is 1. The lowest BCUT2D eigenvalue weighted by Crippen LogP contribution is -2.47. The molecular weight excluding hydrogens is 422 g/mol. The number of piperidine rings is 1. The van der Waals surface area contributed by atoms with Crippen molar-refractivity contribution in [2.75, 3.05) is 26.2 Å². The van der Waals surface area contributed by atoms with E-state index in [9.17, 15) is 13.2 Å². The zero-order valence-electron chi connectivity index (χ0n) is 19.2. The summed E-state index contributed by atoms with van der Waals surface area (Å²) in [7, 11) is -3.45. The maximum Gasteiger partial charge on any atom is 0.243 e. The number of hydrogen-bond acceptors (Lipinski definition) is 4. The number of nitrogens with zero attached hydrogens (tertiary/aromatic N) is 2. The third-order valence-corrected chi connectivity index (χ3v) is 8.09. The van der Waals surface area contributed by atoms with Gasteiger partial charge in [0, 0.05) is 38.6 Å². The summed E-state index contributed by atoms with van der Waals surface area (Å²) in [5.41, 5.74) is 2.26. The first-order valence-corrected chi connectivity index (χ1v) is 13.0. The molecule has 1 saturated heterocycles. The van der Waals surface area contributed by atoms with E-state index in [1.54, 1.807) is 12.1 Å². The zero-order chi connectivity index (χ0) is 23.0. The molecule has 1 aliphatic heterocycles. The number of carbonyl (C=O) groups is 1. The van der Waals surface area contributed by atoms with Gasteiger partial charge in [-0.1, -0.05) is 56.3 Å². The van der Waals surface area contributed by atoms with E-state index in [1.807, 2.05) is 32.0 Å². The number of amides is 1. The van der Waals surface area contributed by atoms with Crippen LogP contribution in [0.4, 0.5) is 0 Å². The molecule has 1 N–H and O–H groups in total. The van der Waals surface area contributed by atoms with E-state index in [2.05, 4.69) is 34.5 Å². The van der Waals surface area contributed by atoms with Gasteiger partial charge in [0.15, 0.2) is 0 Å². The molecule has 0 aliphatic carbocycles. The number of carbonyl (C=O) groups excluding carboxylic acids is 1. The SMILES string of the molecule is CCN(CC)S(=O)(=O)c1ccc(CCC(=O)NC2CCCN(Cc3ccccc3)C2)cc1. The molecule has 0 saturated carbocycles.